The van der Waals surface area contributed by atoms with Crippen LogP contribution in [0.1, 0.15) is 84.4 Å². The van der Waals surface area contributed by atoms with Crippen molar-refractivity contribution in [3.05, 3.63) is 53.4 Å². The van der Waals surface area contributed by atoms with Gasteiger partial charge in [-0.1, -0.05) is 26.5 Å². The van der Waals surface area contributed by atoms with Gasteiger partial charge < -0.3 is 34.7 Å². The number of alkyl carbamates (subject to hydrolysis) is 1. The second-order valence-corrected chi connectivity index (χ2v) is 12.1. The third-order valence-electron chi connectivity index (χ3n) is 6.83. The molecule has 1 aromatic carbocycles. The largest absolute Gasteiger partial charge is 0.496 e. The summed E-state index contributed by atoms with van der Waals surface area (Å²) < 4.78 is 21.2. The topological polar surface area (TPSA) is 179 Å². The summed E-state index contributed by atoms with van der Waals surface area (Å²) in [6, 6.07) is 4.57. The lowest BCUT2D eigenvalue weighted by atomic mass is 9.95. The molecule has 1 aliphatic carbocycles. The second kappa shape index (κ2) is 15.4. The average molecular weight is 640 g/mol. The first-order valence-electron chi connectivity index (χ1n) is 14.9. The number of carboxylic acid groups (broad SMARTS) is 1. The quantitative estimate of drug-likeness (QED) is 0.151. The predicted octanol–water partition coefficient (Wildman–Crippen LogP) is 4.49. The maximum atomic E-state index is 13.4. The Morgan fingerprint density at radius 1 is 1.07 bits per heavy atom. The summed E-state index contributed by atoms with van der Waals surface area (Å²) in [6.07, 6.45) is 2.69. The number of pyridine rings is 1. The van der Waals surface area contributed by atoms with E-state index in [4.69, 9.17) is 18.9 Å². The molecule has 46 heavy (non-hydrogen) atoms. The molecule has 1 heterocycles. The number of carboxylic acids is 1. The van der Waals surface area contributed by atoms with Crippen LogP contribution in [0.15, 0.2) is 30.8 Å². The van der Waals surface area contributed by atoms with Crippen LogP contribution in [-0.2, 0) is 19.0 Å². The molecule has 0 bridgehead atoms. The highest BCUT2D eigenvalue weighted by atomic mass is 16.6. The molecule has 2 amide bonds. The van der Waals surface area contributed by atoms with Gasteiger partial charge in [-0.25, -0.2) is 24.2 Å². The van der Waals surface area contributed by atoms with Crippen molar-refractivity contribution in [1.82, 2.24) is 15.6 Å². The predicted molar refractivity (Wildman–Crippen MR) is 168 cm³/mol. The molecule has 0 radical (unpaired) electrons. The van der Waals surface area contributed by atoms with E-state index in [9.17, 15) is 29.1 Å². The highest BCUT2D eigenvalue weighted by Crippen LogP contribution is 2.34. The number of ether oxygens (including phenoxy) is 4. The molecule has 1 aliphatic rings. The van der Waals surface area contributed by atoms with Gasteiger partial charge in [0.25, 0.3) is 5.91 Å². The van der Waals surface area contributed by atoms with Gasteiger partial charge in [0.05, 0.1) is 12.7 Å². The smallest absolute Gasteiger partial charge is 0.408 e. The van der Waals surface area contributed by atoms with Gasteiger partial charge in [-0.2, -0.15) is 0 Å². The van der Waals surface area contributed by atoms with Gasteiger partial charge in [-0.3, -0.25) is 4.79 Å². The normalized spacial score (nSPS) is 13.3. The van der Waals surface area contributed by atoms with Crippen molar-refractivity contribution in [2.24, 2.45) is 11.8 Å². The number of amides is 2. The average Bonchev–Trinajstić information content (AvgIpc) is 3.83. The third-order valence-corrected chi connectivity index (χ3v) is 6.83. The maximum absolute atomic E-state index is 13.4. The fourth-order valence-electron chi connectivity index (χ4n) is 4.31. The molecule has 0 spiro atoms. The summed E-state index contributed by atoms with van der Waals surface area (Å²) in [7, 11) is 1.40. The number of rotatable bonds is 14. The Balaban J connectivity index is 1.83. The fourth-order valence-corrected chi connectivity index (χ4v) is 4.31. The molecule has 1 aromatic heterocycles. The van der Waals surface area contributed by atoms with Crippen molar-refractivity contribution >= 4 is 36.0 Å². The Morgan fingerprint density at radius 2 is 1.74 bits per heavy atom. The van der Waals surface area contributed by atoms with E-state index in [-0.39, 0.29) is 40.6 Å². The minimum atomic E-state index is -1.28. The van der Waals surface area contributed by atoms with Crippen LogP contribution in [0, 0.1) is 11.8 Å². The maximum Gasteiger partial charge on any atom is 0.408 e. The van der Waals surface area contributed by atoms with Crippen LogP contribution in [0.2, 0.25) is 0 Å². The molecule has 0 saturated heterocycles. The summed E-state index contributed by atoms with van der Waals surface area (Å²) in [5, 5.41) is 15.2. The number of benzene rings is 1. The SMILES string of the molecule is C=Cc1cc(C(=O)O)c(-c2ccc(C(=O)NCC3CC3)nc2C(=O)OCCOC(=O)[C@@H](NC(=O)OC(C)(C)C)C(C)C)cc1OC. The number of carbonyl (C=O) groups excluding carboxylic acids is 4. The summed E-state index contributed by atoms with van der Waals surface area (Å²) >= 11 is 0. The van der Waals surface area contributed by atoms with Crippen LogP contribution in [-0.4, -0.2) is 78.5 Å². The summed E-state index contributed by atoms with van der Waals surface area (Å²) in [5.74, 6) is -3.17. The zero-order valence-corrected chi connectivity index (χ0v) is 26.9. The molecule has 0 aliphatic heterocycles. The van der Waals surface area contributed by atoms with Crippen molar-refractivity contribution < 1.29 is 48.0 Å². The molecular formula is C33H41N3O10. The molecule has 1 atom stereocenters. The molecule has 2 aromatic rings. The van der Waals surface area contributed by atoms with E-state index >= 15 is 0 Å². The molecule has 3 N–H and O–H groups in total. The Hall–Kier alpha value is -4.94. The van der Waals surface area contributed by atoms with Crippen LogP contribution in [0.3, 0.4) is 0 Å². The number of aromatic nitrogens is 1. The minimum Gasteiger partial charge on any atom is -0.496 e. The standard InChI is InChI=1S/C33H41N3O10/c1-8-20-15-23(29(38)39)22(16-25(20)43-7)21-11-12-24(28(37)34-17-19-9-10-19)35-27(21)31(41)45-14-13-44-30(40)26(18(2)3)36-32(42)46-33(4,5)6/h8,11-12,15-16,18-19,26H,1,9-10,13-14,17H2,2-7H3,(H,34,37)(H,36,42)(H,38,39)/t26-/m0/s1. The first-order chi connectivity index (χ1) is 21.6. The molecular weight excluding hydrogens is 598 g/mol. The summed E-state index contributed by atoms with van der Waals surface area (Å²) in [5.41, 5.74) is -0.735. The number of carbonyl (C=O) groups is 5. The lowest BCUT2D eigenvalue weighted by Crippen LogP contribution is -2.47. The van der Waals surface area contributed by atoms with Crippen LogP contribution in [0.5, 0.6) is 5.75 Å². The van der Waals surface area contributed by atoms with Crippen LogP contribution < -0.4 is 15.4 Å². The number of nitrogens with zero attached hydrogens (tertiary/aromatic N) is 1. The van der Waals surface area contributed by atoms with E-state index in [1.807, 2.05) is 0 Å². The minimum absolute atomic E-state index is 0.0673. The van der Waals surface area contributed by atoms with Crippen LogP contribution >= 0.6 is 0 Å². The Labute approximate surface area is 267 Å². The summed E-state index contributed by atoms with van der Waals surface area (Å²) in [6.45, 7) is 11.9. The number of hydrogen-bond donors (Lipinski definition) is 3. The van der Waals surface area contributed by atoms with Crippen molar-refractivity contribution in [1.29, 1.82) is 0 Å². The number of aromatic carboxylic acids is 1. The molecule has 248 valence electrons. The van der Waals surface area contributed by atoms with Gasteiger partial charge in [0, 0.05) is 23.2 Å². The van der Waals surface area contributed by atoms with Gasteiger partial charge in [0.1, 0.15) is 36.3 Å². The summed E-state index contributed by atoms with van der Waals surface area (Å²) in [4.78, 5) is 67.6. The lowest BCUT2D eigenvalue weighted by molar-refractivity contribution is -0.148. The Kier molecular flexibility index (Phi) is 11.9. The van der Waals surface area contributed by atoms with Gasteiger partial charge in [0.15, 0.2) is 5.69 Å². The second-order valence-electron chi connectivity index (χ2n) is 12.1. The van der Waals surface area contributed by atoms with Crippen molar-refractivity contribution in [2.45, 2.75) is 59.1 Å². The molecule has 1 saturated carbocycles. The number of methoxy groups -OCH3 is 1. The molecule has 13 heteroatoms. The molecule has 1 fully saturated rings. The van der Waals surface area contributed by atoms with Gasteiger partial charge in [-0.05, 0) is 69.7 Å². The van der Waals surface area contributed by atoms with E-state index in [0.717, 1.165) is 12.8 Å². The third kappa shape index (κ3) is 9.78. The van der Waals surface area contributed by atoms with Gasteiger partial charge in [-0.15, -0.1) is 0 Å². The van der Waals surface area contributed by atoms with Gasteiger partial charge in [0.2, 0.25) is 0 Å². The first kappa shape index (κ1) is 35.5. The van der Waals surface area contributed by atoms with Crippen molar-refractivity contribution in [3.63, 3.8) is 0 Å². The van der Waals surface area contributed by atoms with Crippen molar-refractivity contribution in [2.75, 3.05) is 26.9 Å². The lowest BCUT2D eigenvalue weighted by Gasteiger charge is -2.24. The molecule has 0 unspecified atom stereocenters. The van der Waals surface area contributed by atoms with E-state index in [0.29, 0.717) is 23.8 Å². The number of hydrogen-bond acceptors (Lipinski definition) is 10. The first-order valence-corrected chi connectivity index (χ1v) is 14.9. The zero-order valence-electron chi connectivity index (χ0n) is 26.9. The number of esters is 2. The van der Waals surface area contributed by atoms with Gasteiger partial charge >= 0.3 is 24.0 Å². The van der Waals surface area contributed by atoms with E-state index in [2.05, 4.69) is 22.2 Å². The molecule has 13 nitrogen and oxygen atoms in total. The fraction of sp³-hybridized carbons (Fsp3) is 0.455. The van der Waals surface area contributed by atoms with Crippen molar-refractivity contribution in [3.8, 4) is 16.9 Å². The monoisotopic (exact) mass is 639 g/mol. The number of nitrogens with one attached hydrogen (secondary N) is 2. The van der Waals surface area contributed by atoms with Crippen LogP contribution in [0.25, 0.3) is 17.2 Å². The van der Waals surface area contributed by atoms with Crippen LogP contribution in [0.4, 0.5) is 4.79 Å². The Morgan fingerprint density at radius 3 is 2.30 bits per heavy atom. The highest BCUT2D eigenvalue weighted by Gasteiger charge is 2.29. The highest BCUT2D eigenvalue weighted by molar-refractivity contribution is 6.03. The Bertz CT molecular complexity index is 1490. The van der Waals surface area contributed by atoms with E-state index in [1.165, 1.54) is 37.5 Å². The van der Waals surface area contributed by atoms with E-state index in [1.54, 1.807) is 34.6 Å². The molecule has 3 rings (SSSR count). The zero-order chi connectivity index (χ0) is 34.2. The van der Waals surface area contributed by atoms with E-state index < -0.39 is 48.2 Å².